The zero-order valence-electron chi connectivity index (χ0n) is 11.5. The number of rotatable bonds is 5. The second-order valence-corrected chi connectivity index (χ2v) is 6.11. The summed E-state index contributed by atoms with van der Waals surface area (Å²) in [5.41, 5.74) is -0.668. The van der Waals surface area contributed by atoms with Crippen molar-refractivity contribution in [3.8, 4) is 0 Å². The lowest BCUT2D eigenvalue weighted by Gasteiger charge is -2.27. The van der Waals surface area contributed by atoms with Gasteiger partial charge in [-0.25, -0.2) is 0 Å². The standard InChI is InChI=1S/C14H27NO2/c1-11(12-8-6-4-5-7-9-12)15-10-14(2,3)13(16)17/h11-12,15H,4-10H2,1-3H3,(H,16,17)/t11-/m1/s1. The molecule has 0 amide bonds. The van der Waals surface area contributed by atoms with E-state index in [0.29, 0.717) is 12.6 Å². The van der Waals surface area contributed by atoms with Crippen LogP contribution in [0, 0.1) is 11.3 Å². The van der Waals surface area contributed by atoms with Crippen LogP contribution in [0.25, 0.3) is 0 Å². The van der Waals surface area contributed by atoms with E-state index in [1.165, 1.54) is 38.5 Å². The summed E-state index contributed by atoms with van der Waals surface area (Å²) >= 11 is 0. The first-order valence-corrected chi connectivity index (χ1v) is 6.90. The van der Waals surface area contributed by atoms with Crippen LogP contribution in [0.4, 0.5) is 0 Å². The molecule has 0 aromatic rings. The molecule has 17 heavy (non-hydrogen) atoms. The Kier molecular flexibility index (Phi) is 5.44. The van der Waals surface area contributed by atoms with E-state index < -0.39 is 11.4 Å². The third kappa shape index (κ3) is 4.66. The van der Waals surface area contributed by atoms with Crippen molar-refractivity contribution in [3.05, 3.63) is 0 Å². The molecular weight excluding hydrogens is 214 g/mol. The largest absolute Gasteiger partial charge is 0.481 e. The lowest BCUT2D eigenvalue weighted by atomic mass is 9.90. The Hall–Kier alpha value is -0.570. The minimum absolute atomic E-state index is 0.437. The predicted octanol–water partition coefficient (Wildman–Crippen LogP) is 3.05. The second-order valence-electron chi connectivity index (χ2n) is 6.11. The quantitative estimate of drug-likeness (QED) is 0.727. The summed E-state index contributed by atoms with van der Waals surface area (Å²) in [4.78, 5) is 11.0. The van der Waals surface area contributed by atoms with Crippen molar-refractivity contribution < 1.29 is 9.90 Å². The number of carbonyl (C=O) groups is 1. The molecule has 0 radical (unpaired) electrons. The second kappa shape index (κ2) is 6.39. The van der Waals surface area contributed by atoms with Gasteiger partial charge in [-0.3, -0.25) is 4.79 Å². The Labute approximate surface area is 105 Å². The van der Waals surface area contributed by atoms with E-state index in [0.717, 1.165) is 5.92 Å². The Morgan fingerprint density at radius 2 is 1.82 bits per heavy atom. The van der Waals surface area contributed by atoms with Crippen molar-refractivity contribution in [3.63, 3.8) is 0 Å². The number of carboxylic acid groups (broad SMARTS) is 1. The van der Waals surface area contributed by atoms with Gasteiger partial charge in [0.2, 0.25) is 0 Å². The van der Waals surface area contributed by atoms with E-state index in [1.807, 2.05) is 0 Å². The molecule has 2 N–H and O–H groups in total. The summed E-state index contributed by atoms with van der Waals surface area (Å²) in [6.07, 6.45) is 7.98. The zero-order chi connectivity index (χ0) is 12.9. The molecule has 1 saturated carbocycles. The minimum atomic E-state index is -0.724. The van der Waals surface area contributed by atoms with Crippen LogP contribution in [0.3, 0.4) is 0 Å². The molecule has 0 saturated heterocycles. The van der Waals surface area contributed by atoms with Crippen LogP contribution in [-0.2, 0) is 4.79 Å². The molecule has 3 heteroatoms. The van der Waals surface area contributed by atoms with E-state index in [-0.39, 0.29) is 0 Å². The fraction of sp³-hybridized carbons (Fsp3) is 0.929. The summed E-state index contributed by atoms with van der Waals surface area (Å²) in [7, 11) is 0. The highest BCUT2D eigenvalue weighted by atomic mass is 16.4. The number of carboxylic acids is 1. The van der Waals surface area contributed by atoms with Gasteiger partial charge < -0.3 is 10.4 Å². The molecule has 1 atom stereocenters. The van der Waals surface area contributed by atoms with Gasteiger partial charge in [-0.1, -0.05) is 25.7 Å². The van der Waals surface area contributed by atoms with E-state index >= 15 is 0 Å². The van der Waals surface area contributed by atoms with Gasteiger partial charge in [-0.2, -0.15) is 0 Å². The van der Waals surface area contributed by atoms with E-state index in [4.69, 9.17) is 5.11 Å². The molecule has 0 unspecified atom stereocenters. The van der Waals surface area contributed by atoms with E-state index in [1.54, 1.807) is 13.8 Å². The molecule has 1 aliphatic rings. The Morgan fingerprint density at radius 1 is 1.29 bits per heavy atom. The Morgan fingerprint density at radius 3 is 2.29 bits per heavy atom. The first-order valence-electron chi connectivity index (χ1n) is 6.90. The van der Waals surface area contributed by atoms with Crippen molar-refractivity contribution in [1.82, 2.24) is 5.32 Å². The summed E-state index contributed by atoms with van der Waals surface area (Å²) in [6, 6.07) is 0.437. The van der Waals surface area contributed by atoms with Crippen molar-refractivity contribution in [2.75, 3.05) is 6.54 Å². The molecule has 1 rings (SSSR count). The normalized spacial score (nSPS) is 20.9. The molecule has 1 fully saturated rings. The van der Waals surface area contributed by atoms with Crippen molar-refractivity contribution in [2.24, 2.45) is 11.3 Å². The maximum absolute atomic E-state index is 11.0. The smallest absolute Gasteiger partial charge is 0.310 e. The predicted molar refractivity (Wildman–Crippen MR) is 70.1 cm³/mol. The lowest BCUT2D eigenvalue weighted by Crippen LogP contribution is -2.42. The number of aliphatic carboxylic acids is 1. The molecule has 0 aromatic carbocycles. The van der Waals surface area contributed by atoms with E-state index in [9.17, 15) is 4.79 Å². The minimum Gasteiger partial charge on any atom is -0.481 e. The topological polar surface area (TPSA) is 49.3 Å². The van der Waals surface area contributed by atoms with Gasteiger partial charge >= 0.3 is 5.97 Å². The van der Waals surface area contributed by atoms with Crippen LogP contribution in [0.1, 0.15) is 59.3 Å². The molecule has 0 aliphatic heterocycles. The maximum atomic E-state index is 11.0. The molecule has 0 heterocycles. The van der Waals surface area contributed by atoms with Crippen molar-refractivity contribution in [2.45, 2.75) is 65.3 Å². The van der Waals surface area contributed by atoms with Crippen LogP contribution in [0.15, 0.2) is 0 Å². The van der Waals surface area contributed by atoms with Gasteiger partial charge in [0.05, 0.1) is 5.41 Å². The fourth-order valence-corrected chi connectivity index (χ4v) is 2.47. The Bertz CT molecular complexity index is 243. The van der Waals surface area contributed by atoms with Gasteiger partial charge in [-0.15, -0.1) is 0 Å². The third-order valence-corrected chi connectivity index (χ3v) is 4.05. The van der Waals surface area contributed by atoms with Gasteiger partial charge in [0, 0.05) is 12.6 Å². The molecule has 3 nitrogen and oxygen atoms in total. The fourth-order valence-electron chi connectivity index (χ4n) is 2.47. The van der Waals surface area contributed by atoms with Gasteiger partial charge in [-0.05, 0) is 39.5 Å². The number of nitrogens with one attached hydrogen (secondary N) is 1. The van der Waals surface area contributed by atoms with Gasteiger partial charge in [0.1, 0.15) is 0 Å². The monoisotopic (exact) mass is 241 g/mol. The van der Waals surface area contributed by atoms with Crippen LogP contribution in [0.5, 0.6) is 0 Å². The summed E-state index contributed by atoms with van der Waals surface area (Å²) in [5.74, 6) is 0.000149. The lowest BCUT2D eigenvalue weighted by molar-refractivity contribution is -0.146. The van der Waals surface area contributed by atoms with Crippen LogP contribution in [0.2, 0.25) is 0 Å². The van der Waals surface area contributed by atoms with Crippen LogP contribution < -0.4 is 5.32 Å². The molecular formula is C14H27NO2. The molecule has 1 aliphatic carbocycles. The highest BCUT2D eigenvalue weighted by Gasteiger charge is 2.28. The number of hydrogen-bond donors (Lipinski definition) is 2. The maximum Gasteiger partial charge on any atom is 0.310 e. The molecule has 0 bridgehead atoms. The highest BCUT2D eigenvalue weighted by Crippen LogP contribution is 2.26. The Balaban J connectivity index is 2.37. The summed E-state index contributed by atoms with van der Waals surface area (Å²) in [5, 5.41) is 12.5. The van der Waals surface area contributed by atoms with Crippen LogP contribution in [-0.4, -0.2) is 23.7 Å². The first kappa shape index (κ1) is 14.5. The SMILES string of the molecule is C[C@@H](NCC(C)(C)C(=O)O)C1CCCCCC1. The van der Waals surface area contributed by atoms with Crippen molar-refractivity contribution >= 4 is 5.97 Å². The molecule has 0 spiro atoms. The summed E-state index contributed by atoms with van der Waals surface area (Å²) < 4.78 is 0. The zero-order valence-corrected chi connectivity index (χ0v) is 11.5. The average Bonchev–Trinajstić information content (AvgIpc) is 2.54. The molecule has 100 valence electrons. The van der Waals surface area contributed by atoms with Crippen LogP contribution >= 0.6 is 0 Å². The summed E-state index contributed by atoms with van der Waals surface area (Å²) in [6.45, 7) is 6.32. The van der Waals surface area contributed by atoms with Crippen molar-refractivity contribution in [1.29, 1.82) is 0 Å². The average molecular weight is 241 g/mol. The third-order valence-electron chi connectivity index (χ3n) is 4.05. The highest BCUT2D eigenvalue weighted by molar-refractivity contribution is 5.73. The number of hydrogen-bond acceptors (Lipinski definition) is 2. The first-order chi connectivity index (χ1) is 7.93. The van der Waals surface area contributed by atoms with E-state index in [2.05, 4.69) is 12.2 Å². The molecule has 0 aromatic heterocycles. The van der Waals surface area contributed by atoms with Gasteiger partial charge in [0.15, 0.2) is 0 Å². The van der Waals surface area contributed by atoms with Gasteiger partial charge in [0.25, 0.3) is 0 Å².